The molecular weight excluding hydrogens is 224 g/mol. The van der Waals surface area contributed by atoms with Crippen molar-refractivity contribution in [3.63, 3.8) is 0 Å². The number of hydrogen-bond acceptors (Lipinski definition) is 5. The van der Waals surface area contributed by atoms with Crippen LogP contribution < -0.4 is 5.32 Å². The van der Waals surface area contributed by atoms with Gasteiger partial charge in [-0.2, -0.15) is 0 Å². The van der Waals surface area contributed by atoms with Crippen LogP contribution in [0.15, 0.2) is 10.6 Å². The van der Waals surface area contributed by atoms with Gasteiger partial charge in [0, 0.05) is 19.3 Å². The topological polar surface area (TPSA) is 84.6 Å². The van der Waals surface area contributed by atoms with Crippen LogP contribution in [-0.2, 0) is 11.3 Å². The number of ether oxygens (including phenoxy) is 1. The van der Waals surface area contributed by atoms with Crippen molar-refractivity contribution < 1.29 is 19.2 Å². The second-order valence-corrected chi connectivity index (χ2v) is 4.17. The molecule has 0 aliphatic carbocycles. The lowest BCUT2D eigenvalue weighted by Gasteiger charge is -2.21. The number of carbonyl (C=O) groups is 1. The fraction of sp³-hybridized carbons (Fsp3) is 0.636. The molecule has 6 heteroatoms. The number of nitrogens with zero attached hydrogens (tertiary/aromatic N) is 1. The Morgan fingerprint density at radius 1 is 1.53 bits per heavy atom. The van der Waals surface area contributed by atoms with Gasteiger partial charge >= 0.3 is 5.97 Å². The van der Waals surface area contributed by atoms with Crippen LogP contribution in [0.3, 0.4) is 0 Å². The van der Waals surface area contributed by atoms with Crippen molar-refractivity contribution in [1.29, 1.82) is 0 Å². The zero-order chi connectivity index (χ0) is 12.1. The molecule has 0 amide bonds. The van der Waals surface area contributed by atoms with Gasteiger partial charge < -0.3 is 19.7 Å². The Kier molecular flexibility index (Phi) is 4.11. The van der Waals surface area contributed by atoms with Crippen molar-refractivity contribution in [3.05, 3.63) is 17.5 Å². The second kappa shape index (κ2) is 5.79. The van der Waals surface area contributed by atoms with E-state index in [1.807, 2.05) is 0 Å². The van der Waals surface area contributed by atoms with E-state index in [0.717, 1.165) is 32.6 Å². The lowest BCUT2D eigenvalue weighted by atomic mass is 10.0. The highest BCUT2D eigenvalue weighted by atomic mass is 16.5. The number of nitrogens with one attached hydrogen (secondary N) is 1. The molecule has 0 atom stereocenters. The molecular formula is C11H16N2O4. The van der Waals surface area contributed by atoms with Gasteiger partial charge in [-0.25, -0.2) is 4.79 Å². The molecule has 1 saturated heterocycles. The average molecular weight is 240 g/mol. The van der Waals surface area contributed by atoms with Crippen LogP contribution in [-0.4, -0.2) is 36.0 Å². The Hall–Kier alpha value is -1.40. The maximum atomic E-state index is 10.6. The predicted octanol–water partition coefficient (Wildman–Crippen LogP) is 0.889. The molecule has 1 aliphatic rings. The Morgan fingerprint density at radius 3 is 2.94 bits per heavy atom. The van der Waals surface area contributed by atoms with Crippen molar-refractivity contribution in [2.24, 2.45) is 5.92 Å². The van der Waals surface area contributed by atoms with Gasteiger partial charge in [-0.1, -0.05) is 5.16 Å². The molecule has 0 spiro atoms. The van der Waals surface area contributed by atoms with E-state index in [1.165, 1.54) is 6.07 Å². The Bertz CT molecular complexity index is 371. The summed E-state index contributed by atoms with van der Waals surface area (Å²) in [5, 5.41) is 15.4. The van der Waals surface area contributed by atoms with Gasteiger partial charge in [-0.3, -0.25) is 0 Å². The average Bonchev–Trinajstić information content (AvgIpc) is 2.79. The smallest absolute Gasteiger partial charge is 0.358 e. The minimum absolute atomic E-state index is 0.0483. The minimum Gasteiger partial charge on any atom is -0.476 e. The third-order valence-corrected chi connectivity index (χ3v) is 2.85. The minimum atomic E-state index is -1.07. The molecule has 2 rings (SSSR count). The molecule has 1 fully saturated rings. The van der Waals surface area contributed by atoms with E-state index < -0.39 is 5.97 Å². The summed E-state index contributed by atoms with van der Waals surface area (Å²) < 4.78 is 10.2. The van der Waals surface area contributed by atoms with E-state index in [4.69, 9.17) is 14.4 Å². The molecule has 0 unspecified atom stereocenters. The van der Waals surface area contributed by atoms with Crippen LogP contribution in [0.5, 0.6) is 0 Å². The molecule has 1 aromatic heterocycles. The highest BCUT2D eigenvalue weighted by molar-refractivity contribution is 5.85. The summed E-state index contributed by atoms with van der Waals surface area (Å²) in [6.07, 6.45) is 2.15. The van der Waals surface area contributed by atoms with E-state index in [9.17, 15) is 4.79 Å². The first-order valence-electron chi connectivity index (χ1n) is 5.73. The van der Waals surface area contributed by atoms with E-state index >= 15 is 0 Å². The number of rotatable bonds is 5. The van der Waals surface area contributed by atoms with Crippen LogP contribution >= 0.6 is 0 Å². The predicted molar refractivity (Wildman–Crippen MR) is 58.7 cm³/mol. The van der Waals surface area contributed by atoms with Crippen LogP contribution in [0.4, 0.5) is 0 Å². The Labute approximate surface area is 98.9 Å². The van der Waals surface area contributed by atoms with Gasteiger partial charge in [0.15, 0.2) is 11.5 Å². The Morgan fingerprint density at radius 2 is 2.29 bits per heavy atom. The van der Waals surface area contributed by atoms with Crippen LogP contribution in [0.2, 0.25) is 0 Å². The number of hydrogen-bond donors (Lipinski definition) is 2. The first kappa shape index (κ1) is 12.1. The molecule has 0 aromatic carbocycles. The monoisotopic (exact) mass is 240 g/mol. The van der Waals surface area contributed by atoms with Crippen LogP contribution in [0.1, 0.15) is 29.1 Å². The SMILES string of the molecule is O=C(O)c1cc(CNCC2CCOCC2)on1. The molecule has 0 bridgehead atoms. The molecule has 1 aliphatic heterocycles. The third-order valence-electron chi connectivity index (χ3n) is 2.85. The summed E-state index contributed by atoms with van der Waals surface area (Å²) in [5.74, 6) is 0.115. The first-order valence-corrected chi connectivity index (χ1v) is 5.73. The zero-order valence-electron chi connectivity index (χ0n) is 9.52. The van der Waals surface area contributed by atoms with E-state index in [0.29, 0.717) is 18.2 Å². The molecule has 2 heterocycles. The van der Waals surface area contributed by atoms with Crippen molar-refractivity contribution in [2.75, 3.05) is 19.8 Å². The summed E-state index contributed by atoms with van der Waals surface area (Å²) in [6.45, 7) is 3.07. The fourth-order valence-corrected chi connectivity index (χ4v) is 1.85. The van der Waals surface area contributed by atoms with Crippen molar-refractivity contribution in [3.8, 4) is 0 Å². The number of aromatic nitrogens is 1. The largest absolute Gasteiger partial charge is 0.476 e. The van der Waals surface area contributed by atoms with Crippen LogP contribution in [0.25, 0.3) is 0 Å². The third kappa shape index (κ3) is 3.54. The summed E-state index contributed by atoms with van der Waals surface area (Å²) in [4.78, 5) is 10.6. The van der Waals surface area contributed by atoms with E-state index in [2.05, 4.69) is 10.5 Å². The molecule has 2 N–H and O–H groups in total. The molecule has 6 nitrogen and oxygen atoms in total. The maximum Gasteiger partial charge on any atom is 0.358 e. The van der Waals surface area contributed by atoms with Gasteiger partial charge in [0.2, 0.25) is 0 Å². The number of aromatic carboxylic acids is 1. The normalized spacial score (nSPS) is 17.2. The molecule has 94 valence electrons. The van der Waals surface area contributed by atoms with Gasteiger partial charge in [-0.05, 0) is 25.3 Å². The maximum absolute atomic E-state index is 10.6. The van der Waals surface area contributed by atoms with Gasteiger partial charge in [0.1, 0.15) is 0 Å². The zero-order valence-corrected chi connectivity index (χ0v) is 9.52. The quantitative estimate of drug-likeness (QED) is 0.795. The van der Waals surface area contributed by atoms with Gasteiger partial charge in [0.05, 0.1) is 6.54 Å². The van der Waals surface area contributed by atoms with Crippen molar-refractivity contribution in [2.45, 2.75) is 19.4 Å². The highest BCUT2D eigenvalue weighted by Gasteiger charge is 2.14. The molecule has 1 aromatic rings. The molecule has 0 radical (unpaired) electrons. The lowest BCUT2D eigenvalue weighted by Crippen LogP contribution is -2.27. The second-order valence-electron chi connectivity index (χ2n) is 4.17. The summed E-state index contributed by atoms with van der Waals surface area (Å²) in [7, 11) is 0. The highest BCUT2D eigenvalue weighted by Crippen LogP contribution is 2.13. The van der Waals surface area contributed by atoms with Crippen molar-refractivity contribution >= 4 is 5.97 Å². The lowest BCUT2D eigenvalue weighted by molar-refractivity contribution is 0.0660. The summed E-state index contributed by atoms with van der Waals surface area (Å²) >= 11 is 0. The summed E-state index contributed by atoms with van der Waals surface area (Å²) in [5.41, 5.74) is -0.0483. The fourth-order valence-electron chi connectivity index (χ4n) is 1.85. The summed E-state index contributed by atoms with van der Waals surface area (Å²) in [6, 6.07) is 1.44. The van der Waals surface area contributed by atoms with E-state index in [-0.39, 0.29) is 5.69 Å². The standard InChI is InChI=1S/C11H16N2O4/c14-11(15)10-5-9(17-13-10)7-12-6-8-1-3-16-4-2-8/h5,8,12H,1-4,6-7H2,(H,14,15). The number of carboxylic acids is 1. The Balaban J connectivity index is 1.71. The first-order chi connectivity index (χ1) is 8.25. The van der Waals surface area contributed by atoms with Gasteiger partial charge in [-0.15, -0.1) is 0 Å². The molecule has 17 heavy (non-hydrogen) atoms. The molecule has 0 saturated carbocycles. The van der Waals surface area contributed by atoms with Gasteiger partial charge in [0.25, 0.3) is 0 Å². The number of carboxylic acid groups (broad SMARTS) is 1. The van der Waals surface area contributed by atoms with E-state index in [1.54, 1.807) is 0 Å². The van der Waals surface area contributed by atoms with Crippen molar-refractivity contribution in [1.82, 2.24) is 10.5 Å². The van der Waals surface area contributed by atoms with Crippen LogP contribution in [0, 0.1) is 5.92 Å².